The first-order chi connectivity index (χ1) is 19.8. The van der Waals surface area contributed by atoms with Crippen LogP contribution < -0.4 is 20.3 Å². The summed E-state index contributed by atoms with van der Waals surface area (Å²) in [6.45, 7) is 2.65. The number of aromatic nitrogens is 1. The van der Waals surface area contributed by atoms with Crippen LogP contribution in [0.15, 0.2) is 53.9 Å². The molecule has 41 heavy (non-hydrogen) atoms. The van der Waals surface area contributed by atoms with Gasteiger partial charge in [-0.05, 0) is 37.6 Å². The van der Waals surface area contributed by atoms with Gasteiger partial charge in [0.25, 0.3) is 0 Å². The summed E-state index contributed by atoms with van der Waals surface area (Å²) >= 11 is 1.08. The number of urea groups is 1. The number of nitrogens with one attached hydrogen (secondary N) is 2. The van der Waals surface area contributed by atoms with Gasteiger partial charge in [-0.1, -0.05) is 30.3 Å². The number of anilines is 3. The molecule has 2 aromatic carbocycles. The van der Waals surface area contributed by atoms with Crippen molar-refractivity contribution in [2.75, 3.05) is 36.6 Å². The Morgan fingerprint density at radius 1 is 0.951 bits per heavy atom. The highest BCUT2D eigenvalue weighted by molar-refractivity contribution is 7.14. The predicted octanol–water partition coefficient (Wildman–Crippen LogP) is 3.42. The van der Waals surface area contributed by atoms with E-state index in [4.69, 9.17) is 18.9 Å². The van der Waals surface area contributed by atoms with E-state index in [-0.39, 0.29) is 41.2 Å². The second kappa shape index (κ2) is 15.6. The van der Waals surface area contributed by atoms with Crippen molar-refractivity contribution in [3.63, 3.8) is 0 Å². The number of nitrogens with zero attached hydrogens (tertiary/aromatic N) is 2. The van der Waals surface area contributed by atoms with E-state index in [0.717, 1.165) is 21.8 Å². The van der Waals surface area contributed by atoms with Gasteiger partial charge in [-0.25, -0.2) is 24.2 Å². The molecule has 0 atom stereocenters. The summed E-state index contributed by atoms with van der Waals surface area (Å²) in [4.78, 5) is 66.0. The van der Waals surface area contributed by atoms with Crippen LogP contribution >= 0.6 is 11.3 Å². The number of benzene rings is 2. The Balaban J connectivity index is 1.76. The van der Waals surface area contributed by atoms with Gasteiger partial charge in [0.15, 0.2) is 24.2 Å². The Bertz CT molecular complexity index is 1360. The van der Waals surface area contributed by atoms with Crippen LogP contribution in [0.4, 0.5) is 21.4 Å². The van der Waals surface area contributed by atoms with Crippen molar-refractivity contribution >= 4 is 58.3 Å². The molecule has 0 unspecified atom stereocenters. The molecule has 0 aliphatic carbocycles. The van der Waals surface area contributed by atoms with Crippen molar-refractivity contribution in [3.8, 4) is 5.75 Å². The van der Waals surface area contributed by atoms with Crippen LogP contribution in [-0.4, -0.2) is 61.8 Å². The molecule has 3 amide bonds. The van der Waals surface area contributed by atoms with E-state index in [1.54, 1.807) is 13.8 Å². The van der Waals surface area contributed by atoms with Gasteiger partial charge in [0.05, 0.1) is 18.9 Å². The maximum absolute atomic E-state index is 12.8. The Labute approximate surface area is 239 Å². The smallest absolute Gasteiger partial charge is 0.344 e. The minimum absolute atomic E-state index is 0.0442. The van der Waals surface area contributed by atoms with Gasteiger partial charge in [-0.2, -0.15) is 0 Å². The van der Waals surface area contributed by atoms with Crippen LogP contribution in [0.5, 0.6) is 5.75 Å². The Hall–Kier alpha value is -4.98. The van der Waals surface area contributed by atoms with E-state index in [2.05, 4.69) is 15.6 Å². The lowest BCUT2D eigenvalue weighted by Crippen LogP contribution is -2.28. The minimum atomic E-state index is -0.958. The molecule has 0 fully saturated rings. The molecule has 0 radical (unpaired) electrons. The zero-order valence-electron chi connectivity index (χ0n) is 22.3. The van der Waals surface area contributed by atoms with Crippen LogP contribution in [0.3, 0.4) is 0 Å². The van der Waals surface area contributed by atoms with Crippen molar-refractivity contribution in [1.29, 1.82) is 0 Å². The third kappa shape index (κ3) is 9.32. The lowest BCUT2D eigenvalue weighted by molar-refractivity contribution is -0.146. The lowest BCUT2D eigenvalue weighted by atomic mass is 10.1. The molecule has 0 saturated heterocycles. The second-order valence-electron chi connectivity index (χ2n) is 7.93. The minimum Gasteiger partial charge on any atom is -0.481 e. The van der Waals surface area contributed by atoms with Gasteiger partial charge in [0.2, 0.25) is 6.41 Å². The van der Waals surface area contributed by atoms with Gasteiger partial charge in [0.1, 0.15) is 11.3 Å². The zero-order valence-corrected chi connectivity index (χ0v) is 23.1. The molecule has 2 N–H and O–H groups in total. The third-order valence-corrected chi connectivity index (χ3v) is 5.84. The molecule has 0 aliphatic rings. The van der Waals surface area contributed by atoms with Crippen molar-refractivity contribution in [3.05, 3.63) is 65.0 Å². The van der Waals surface area contributed by atoms with Crippen molar-refractivity contribution in [2.45, 2.75) is 20.4 Å². The fourth-order valence-corrected chi connectivity index (χ4v) is 3.98. The molecule has 14 heteroatoms. The molecule has 0 bridgehead atoms. The molecule has 0 saturated carbocycles. The molecule has 0 aliphatic heterocycles. The molecule has 1 aromatic heterocycles. The molecular formula is C27H28N4O9S. The molecule has 216 valence electrons. The monoisotopic (exact) mass is 584 g/mol. The summed E-state index contributed by atoms with van der Waals surface area (Å²) in [5.74, 6) is -2.25. The molecule has 3 rings (SSSR count). The Kier molecular flexibility index (Phi) is 11.6. The number of hydrogen-bond acceptors (Lipinski definition) is 11. The largest absolute Gasteiger partial charge is 0.481 e. The van der Waals surface area contributed by atoms with Gasteiger partial charge in [-0.15, -0.1) is 11.3 Å². The molecule has 13 nitrogen and oxygen atoms in total. The van der Waals surface area contributed by atoms with Crippen LogP contribution in [0.1, 0.15) is 29.8 Å². The van der Waals surface area contributed by atoms with E-state index in [1.165, 1.54) is 23.6 Å². The standard InChI is InChI=1S/C27H28N4O9S/c1-3-37-23(33)14-39-21-11-10-19(12-20(21)25(35)40-15-24(34)38-4-2)31(17-32)22-16-41-27(29-22)30-26(36)28-13-18-8-6-5-7-9-18/h5-12,16-17H,3-4,13-15H2,1-2H3,(H2,28,29,30,36). The number of carbonyl (C=O) groups is 5. The molecule has 1 heterocycles. The fraction of sp³-hybridized carbons (Fsp3) is 0.259. The topological polar surface area (TPSA) is 162 Å². The third-order valence-electron chi connectivity index (χ3n) is 5.10. The number of thiazole rings is 1. The highest BCUT2D eigenvalue weighted by atomic mass is 32.1. The highest BCUT2D eigenvalue weighted by Crippen LogP contribution is 2.31. The van der Waals surface area contributed by atoms with Gasteiger partial charge < -0.3 is 24.3 Å². The summed E-state index contributed by atoms with van der Waals surface area (Å²) in [6, 6.07) is 12.9. The Morgan fingerprint density at radius 2 is 1.66 bits per heavy atom. The second-order valence-corrected chi connectivity index (χ2v) is 8.79. The first-order valence-corrected chi connectivity index (χ1v) is 13.3. The summed E-state index contributed by atoms with van der Waals surface area (Å²) in [7, 11) is 0. The SMILES string of the molecule is CCOC(=O)COC(=O)c1cc(N(C=O)c2csc(NC(=O)NCc3ccccc3)n2)ccc1OCC(=O)OCC. The summed E-state index contributed by atoms with van der Waals surface area (Å²) in [5, 5.41) is 7.08. The predicted molar refractivity (Wildman–Crippen MR) is 148 cm³/mol. The molecule has 0 spiro atoms. The summed E-state index contributed by atoms with van der Waals surface area (Å²) in [6.07, 6.45) is 0.469. The van der Waals surface area contributed by atoms with E-state index in [1.807, 2.05) is 30.3 Å². The highest BCUT2D eigenvalue weighted by Gasteiger charge is 2.21. The quantitative estimate of drug-likeness (QED) is 0.163. The number of amides is 3. The van der Waals surface area contributed by atoms with Gasteiger partial charge in [-0.3, -0.25) is 15.0 Å². The van der Waals surface area contributed by atoms with E-state index >= 15 is 0 Å². The average molecular weight is 585 g/mol. The van der Waals surface area contributed by atoms with Crippen LogP contribution in [0.25, 0.3) is 0 Å². The summed E-state index contributed by atoms with van der Waals surface area (Å²) < 4.78 is 20.1. The maximum Gasteiger partial charge on any atom is 0.344 e. The fourth-order valence-electron chi connectivity index (χ4n) is 3.30. The first kappa shape index (κ1) is 30.6. The Morgan fingerprint density at radius 3 is 2.34 bits per heavy atom. The summed E-state index contributed by atoms with van der Waals surface area (Å²) in [5.41, 5.74) is 0.939. The van der Waals surface area contributed by atoms with E-state index in [9.17, 15) is 24.0 Å². The number of carbonyl (C=O) groups excluding carboxylic acids is 5. The number of esters is 3. The lowest BCUT2D eigenvalue weighted by Gasteiger charge is -2.17. The van der Waals surface area contributed by atoms with Gasteiger partial charge >= 0.3 is 23.9 Å². The number of rotatable bonds is 14. The maximum atomic E-state index is 12.8. The van der Waals surface area contributed by atoms with Crippen LogP contribution in [-0.2, 0) is 35.1 Å². The van der Waals surface area contributed by atoms with Crippen LogP contribution in [0.2, 0.25) is 0 Å². The van der Waals surface area contributed by atoms with E-state index in [0.29, 0.717) is 13.0 Å². The molecular weight excluding hydrogens is 556 g/mol. The number of ether oxygens (including phenoxy) is 4. The van der Waals surface area contributed by atoms with Crippen molar-refractivity contribution in [2.24, 2.45) is 0 Å². The first-order valence-electron chi connectivity index (χ1n) is 12.4. The van der Waals surface area contributed by atoms with Crippen LogP contribution in [0, 0.1) is 0 Å². The van der Waals surface area contributed by atoms with Crippen molar-refractivity contribution in [1.82, 2.24) is 10.3 Å². The molecule has 3 aromatic rings. The number of hydrogen-bond donors (Lipinski definition) is 2. The zero-order chi connectivity index (χ0) is 29.6. The average Bonchev–Trinajstić information content (AvgIpc) is 3.43. The van der Waals surface area contributed by atoms with Gasteiger partial charge in [0, 0.05) is 11.9 Å². The van der Waals surface area contributed by atoms with E-state index < -0.39 is 37.2 Å². The van der Waals surface area contributed by atoms with Crippen molar-refractivity contribution < 1.29 is 42.9 Å². The normalized spacial score (nSPS) is 10.2.